The lowest BCUT2D eigenvalue weighted by atomic mass is 10.1. The molecule has 0 amide bonds. The van der Waals surface area contributed by atoms with Crippen LogP contribution < -0.4 is 0 Å². The monoisotopic (exact) mass is 279 g/mol. The molecule has 0 saturated carbocycles. The first kappa shape index (κ1) is 10.7. The smallest absolute Gasteiger partial charge is 0.0487 e. The molecule has 0 fully saturated rings. The Balaban J connectivity index is 2.26. The number of hydrogen-bond donors (Lipinski definition) is 0. The second-order valence-corrected chi connectivity index (χ2v) is 4.57. The molecule has 0 spiro atoms. The van der Waals surface area contributed by atoms with E-state index in [9.17, 15) is 0 Å². The first-order valence-corrected chi connectivity index (χ1v) is 5.82. The van der Waals surface area contributed by atoms with E-state index >= 15 is 0 Å². The van der Waals surface area contributed by atoms with Gasteiger partial charge < -0.3 is 0 Å². The summed E-state index contributed by atoms with van der Waals surface area (Å²) in [6, 6.07) is 17.0. The summed E-state index contributed by atoms with van der Waals surface area (Å²) in [5, 5.41) is 0.666. The maximum atomic E-state index is 5.88. The van der Waals surface area contributed by atoms with Crippen molar-refractivity contribution in [2.45, 2.75) is 6.42 Å². The van der Waals surface area contributed by atoms with Crippen LogP contribution in [0.2, 0.25) is 5.02 Å². The van der Waals surface area contributed by atoms with Gasteiger partial charge in [-0.25, -0.2) is 0 Å². The van der Waals surface area contributed by atoms with E-state index in [1.54, 1.807) is 0 Å². The van der Waals surface area contributed by atoms with Crippen molar-refractivity contribution in [2.24, 2.45) is 0 Å². The third-order valence-corrected chi connectivity index (χ3v) is 3.17. The van der Waals surface area contributed by atoms with Gasteiger partial charge in [0.1, 0.15) is 0 Å². The average Bonchev–Trinajstić information content (AvgIpc) is 2.22. The van der Waals surface area contributed by atoms with Crippen molar-refractivity contribution in [3.05, 3.63) is 69.2 Å². The molecule has 2 rings (SSSR count). The third-order valence-electron chi connectivity index (χ3n) is 2.18. The number of hydrogen-bond acceptors (Lipinski definition) is 0. The maximum absolute atomic E-state index is 5.88. The van der Waals surface area contributed by atoms with E-state index in [-0.39, 0.29) is 0 Å². The largest absolute Gasteiger partial charge is 0.0837 e. The summed E-state index contributed by atoms with van der Waals surface area (Å²) in [7, 11) is 0. The summed E-state index contributed by atoms with van der Waals surface area (Å²) in [5.74, 6) is 0. The van der Waals surface area contributed by atoms with Crippen molar-refractivity contribution in [1.82, 2.24) is 0 Å². The molecule has 0 aliphatic rings. The van der Waals surface area contributed by atoms with Gasteiger partial charge in [0.05, 0.1) is 0 Å². The van der Waals surface area contributed by atoms with Crippen LogP contribution in [-0.4, -0.2) is 0 Å². The normalized spacial score (nSPS) is 10.3. The van der Waals surface area contributed by atoms with E-state index in [2.05, 4.69) is 28.1 Å². The predicted octanol–water partition coefficient (Wildman–Crippen LogP) is 4.49. The molecule has 0 aliphatic heterocycles. The van der Waals surface area contributed by atoms with Crippen LogP contribution in [0.25, 0.3) is 0 Å². The minimum absolute atomic E-state index is 0.666. The lowest BCUT2D eigenvalue weighted by Gasteiger charge is -2.04. The standard InChI is InChI=1S/C13H9BrCl/c14-13-7-2-1-5-11(13)8-10-4-3-6-12(15)9-10/h1-5,7,9H,8H2. The molecule has 0 aromatic heterocycles. The molecule has 0 saturated heterocycles. The van der Waals surface area contributed by atoms with Gasteiger partial charge in [0, 0.05) is 15.6 Å². The molecule has 2 aromatic rings. The molecule has 2 aromatic carbocycles. The van der Waals surface area contributed by atoms with Gasteiger partial charge in [0.15, 0.2) is 0 Å². The van der Waals surface area contributed by atoms with Gasteiger partial charge in [-0.3, -0.25) is 0 Å². The molecule has 0 N–H and O–H groups in total. The Hall–Kier alpha value is -0.790. The quantitative estimate of drug-likeness (QED) is 0.760. The Bertz CT molecular complexity index is 466. The molecule has 0 atom stereocenters. The predicted molar refractivity (Wildman–Crippen MR) is 67.2 cm³/mol. The zero-order chi connectivity index (χ0) is 10.7. The lowest BCUT2D eigenvalue weighted by molar-refractivity contribution is 1.18. The Morgan fingerprint density at radius 2 is 2.00 bits per heavy atom. The van der Waals surface area contributed by atoms with Crippen molar-refractivity contribution in [2.75, 3.05) is 0 Å². The fourth-order valence-electron chi connectivity index (χ4n) is 1.45. The highest BCUT2D eigenvalue weighted by Gasteiger charge is 2.00. The Kier molecular flexibility index (Phi) is 3.45. The molecule has 75 valence electrons. The van der Waals surface area contributed by atoms with Crippen molar-refractivity contribution < 1.29 is 0 Å². The molecular weight excluding hydrogens is 271 g/mol. The van der Waals surface area contributed by atoms with Crippen LogP contribution in [-0.2, 0) is 6.42 Å². The van der Waals surface area contributed by atoms with Crippen LogP contribution in [0.1, 0.15) is 11.1 Å². The third kappa shape index (κ3) is 2.83. The molecular formula is C13H9BrCl. The van der Waals surface area contributed by atoms with E-state index in [0.29, 0.717) is 5.02 Å². The molecule has 2 heteroatoms. The van der Waals surface area contributed by atoms with Crippen LogP contribution in [0, 0.1) is 6.07 Å². The lowest BCUT2D eigenvalue weighted by Crippen LogP contribution is -1.88. The minimum Gasteiger partial charge on any atom is -0.0837 e. The first-order valence-electron chi connectivity index (χ1n) is 4.65. The molecule has 0 heterocycles. The summed E-state index contributed by atoms with van der Waals surface area (Å²) >= 11 is 9.42. The highest BCUT2D eigenvalue weighted by molar-refractivity contribution is 9.10. The van der Waals surface area contributed by atoms with Crippen molar-refractivity contribution in [1.29, 1.82) is 0 Å². The van der Waals surface area contributed by atoms with Crippen LogP contribution in [0.4, 0.5) is 0 Å². The first-order chi connectivity index (χ1) is 7.25. The maximum Gasteiger partial charge on any atom is 0.0487 e. The van der Waals surface area contributed by atoms with E-state index in [1.165, 1.54) is 11.1 Å². The highest BCUT2D eigenvalue weighted by Crippen LogP contribution is 2.20. The highest BCUT2D eigenvalue weighted by atomic mass is 79.9. The molecule has 0 nitrogen and oxygen atoms in total. The van der Waals surface area contributed by atoms with Crippen molar-refractivity contribution in [3.8, 4) is 0 Å². The van der Waals surface area contributed by atoms with E-state index in [4.69, 9.17) is 11.6 Å². The van der Waals surface area contributed by atoms with Crippen LogP contribution in [0.3, 0.4) is 0 Å². The second kappa shape index (κ2) is 4.82. The van der Waals surface area contributed by atoms with Gasteiger partial charge >= 0.3 is 0 Å². The minimum atomic E-state index is 0.666. The molecule has 15 heavy (non-hydrogen) atoms. The molecule has 0 unspecified atom stereocenters. The molecule has 0 bridgehead atoms. The fraction of sp³-hybridized carbons (Fsp3) is 0.0769. The van der Waals surface area contributed by atoms with Crippen LogP contribution in [0.5, 0.6) is 0 Å². The Morgan fingerprint density at radius 3 is 2.73 bits per heavy atom. The average molecular weight is 281 g/mol. The Labute approximate surface area is 103 Å². The zero-order valence-corrected chi connectivity index (χ0v) is 10.3. The summed E-state index contributed by atoms with van der Waals surface area (Å²) in [6.07, 6.45) is 0.885. The van der Waals surface area contributed by atoms with Gasteiger partial charge in [-0.15, -0.1) is 0 Å². The summed E-state index contributed by atoms with van der Waals surface area (Å²) in [5.41, 5.74) is 2.46. The van der Waals surface area contributed by atoms with E-state index in [1.807, 2.05) is 36.4 Å². The molecule has 1 radical (unpaired) electrons. The van der Waals surface area contributed by atoms with Gasteiger partial charge in [-0.1, -0.05) is 57.9 Å². The Morgan fingerprint density at radius 1 is 1.20 bits per heavy atom. The van der Waals surface area contributed by atoms with E-state index < -0.39 is 0 Å². The fourth-order valence-corrected chi connectivity index (χ4v) is 2.08. The van der Waals surface area contributed by atoms with Gasteiger partial charge in [-0.05, 0) is 29.7 Å². The second-order valence-electron chi connectivity index (χ2n) is 3.31. The van der Waals surface area contributed by atoms with Gasteiger partial charge in [-0.2, -0.15) is 0 Å². The zero-order valence-electron chi connectivity index (χ0n) is 8.00. The van der Waals surface area contributed by atoms with Gasteiger partial charge in [0.2, 0.25) is 0 Å². The van der Waals surface area contributed by atoms with Gasteiger partial charge in [0.25, 0.3) is 0 Å². The van der Waals surface area contributed by atoms with Crippen LogP contribution >= 0.6 is 27.5 Å². The topological polar surface area (TPSA) is 0 Å². The van der Waals surface area contributed by atoms with Crippen molar-refractivity contribution >= 4 is 27.5 Å². The number of halogens is 2. The summed E-state index contributed by atoms with van der Waals surface area (Å²) in [4.78, 5) is 0. The van der Waals surface area contributed by atoms with Crippen molar-refractivity contribution in [3.63, 3.8) is 0 Å². The SMILES string of the molecule is Clc1[c]ccc(Cc2ccccc2Br)c1. The van der Waals surface area contributed by atoms with Crippen LogP contribution in [0.15, 0.2) is 46.9 Å². The summed E-state index contributed by atoms with van der Waals surface area (Å²) in [6.45, 7) is 0. The number of rotatable bonds is 2. The van der Waals surface area contributed by atoms with E-state index in [0.717, 1.165) is 10.9 Å². The molecule has 0 aliphatic carbocycles. The summed E-state index contributed by atoms with van der Waals surface area (Å²) < 4.78 is 1.13. The number of benzene rings is 2.